The van der Waals surface area contributed by atoms with Gasteiger partial charge in [0.15, 0.2) is 10.9 Å². The Balaban J connectivity index is 1.31. The minimum Gasteiger partial charge on any atom is -0.367 e. The van der Waals surface area contributed by atoms with Gasteiger partial charge in [0.1, 0.15) is 18.7 Å². The number of likely N-dealkylation sites (tertiary alicyclic amines) is 1. The van der Waals surface area contributed by atoms with Crippen LogP contribution in [0.4, 0.5) is 5.13 Å². The second-order valence-corrected chi connectivity index (χ2v) is 13.1. The van der Waals surface area contributed by atoms with Gasteiger partial charge in [-0.3, -0.25) is 14.4 Å². The summed E-state index contributed by atoms with van der Waals surface area (Å²) in [7, 11) is 2.14. The molecule has 9 nitrogen and oxygen atoms in total. The Morgan fingerprint density at radius 1 is 1.19 bits per heavy atom. The number of rotatable bonds is 8. The van der Waals surface area contributed by atoms with Gasteiger partial charge in [0.05, 0.1) is 11.8 Å². The van der Waals surface area contributed by atoms with Crippen molar-refractivity contribution in [3.05, 3.63) is 46.4 Å². The summed E-state index contributed by atoms with van der Waals surface area (Å²) in [5, 5.41) is 4.05. The topological polar surface area (TPSA) is 95.1 Å². The Bertz CT molecular complexity index is 1350. The molecule has 0 radical (unpaired) electrons. The highest BCUT2D eigenvalue weighted by Crippen LogP contribution is 2.37. The number of anilines is 1. The fourth-order valence-corrected chi connectivity index (χ4v) is 7.13. The molecule has 1 aromatic carbocycles. The smallest absolute Gasteiger partial charge is 0.251 e. The number of ketones is 1. The van der Waals surface area contributed by atoms with Crippen molar-refractivity contribution < 1.29 is 19.1 Å². The number of carbonyl (C=O) groups excluding carboxylic acids is 3. The molecule has 0 bridgehead atoms. The van der Waals surface area contributed by atoms with Crippen LogP contribution < -0.4 is 10.2 Å². The number of piperazine rings is 1. The summed E-state index contributed by atoms with van der Waals surface area (Å²) in [6.07, 6.45) is 2.39. The highest BCUT2D eigenvalue weighted by Gasteiger charge is 2.53. The molecule has 5 rings (SSSR count). The molecule has 5 unspecified atom stereocenters. The van der Waals surface area contributed by atoms with Gasteiger partial charge in [-0.1, -0.05) is 44.1 Å². The van der Waals surface area contributed by atoms with Crippen molar-refractivity contribution in [3.63, 3.8) is 0 Å². The number of ether oxygens (including phenoxy) is 1. The normalized spacial score (nSPS) is 24.6. The lowest BCUT2D eigenvalue weighted by Crippen LogP contribution is -2.54. The highest BCUT2D eigenvalue weighted by molar-refractivity contribution is 7.16. The fraction of sp³-hybridized carbons (Fsp3) is 0.562. The zero-order valence-corrected chi connectivity index (χ0v) is 26.4. The van der Waals surface area contributed by atoms with E-state index in [2.05, 4.69) is 29.1 Å². The quantitative estimate of drug-likeness (QED) is 0.466. The highest BCUT2D eigenvalue weighted by atomic mass is 32.1. The lowest BCUT2D eigenvalue weighted by Gasteiger charge is -2.32. The van der Waals surface area contributed by atoms with Crippen LogP contribution in [-0.2, 0) is 14.3 Å². The molecule has 2 aromatic rings. The van der Waals surface area contributed by atoms with Crippen LogP contribution in [0.15, 0.2) is 35.9 Å². The molecule has 2 amide bonds. The van der Waals surface area contributed by atoms with Gasteiger partial charge in [-0.25, -0.2) is 4.98 Å². The first kappa shape index (κ1) is 30.4. The van der Waals surface area contributed by atoms with E-state index in [0.717, 1.165) is 53.0 Å². The van der Waals surface area contributed by atoms with Crippen LogP contribution in [0.25, 0.3) is 11.3 Å². The Morgan fingerprint density at radius 3 is 2.52 bits per heavy atom. The van der Waals surface area contributed by atoms with Crippen molar-refractivity contribution in [2.75, 3.05) is 51.3 Å². The lowest BCUT2D eigenvalue weighted by atomic mass is 9.94. The van der Waals surface area contributed by atoms with Gasteiger partial charge in [0.2, 0.25) is 5.91 Å². The second-order valence-electron chi connectivity index (χ2n) is 11.9. The molecule has 10 heteroatoms. The van der Waals surface area contributed by atoms with Crippen LogP contribution >= 0.6 is 11.3 Å². The van der Waals surface area contributed by atoms with Gasteiger partial charge >= 0.3 is 0 Å². The largest absolute Gasteiger partial charge is 0.367 e. The molecule has 0 spiro atoms. The number of fused-ring (bicyclic) bond motifs is 1. The predicted octanol–water partition coefficient (Wildman–Crippen LogP) is 3.78. The van der Waals surface area contributed by atoms with Crippen molar-refractivity contribution >= 4 is 34.1 Å². The zero-order chi connectivity index (χ0) is 30.1. The van der Waals surface area contributed by atoms with Gasteiger partial charge in [-0.2, -0.15) is 0 Å². The monoisotopic (exact) mass is 593 g/mol. The zero-order valence-electron chi connectivity index (χ0n) is 25.6. The minimum absolute atomic E-state index is 0.0225. The number of aromatic nitrogens is 1. The van der Waals surface area contributed by atoms with Crippen LogP contribution in [0.3, 0.4) is 0 Å². The number of hydrogen-bond acceptors (Lipinski definition) is 8. The van der Waals surface area contributed by atoms with E-state index in [1.54, 1.807) is 28.4 Å². The number of nitrogens with one attached hydrogen (secondary N) is 1. The molecular formula is C32H43N5O4S. The number of aryl methyl sites for hydroxylation is 1. The fourth-order valence-electron chi connectivity index (χ4n) is 6.15. The van der Waals surface area contributed by atoms with Crippen LogP contribution in [0.1, 0.15) is 49.4 Å². The van der Waals surface area contributed by atoms with Crippen molar-refractivity contribution in [2.45, 2.75) is 59.2 Å². The summed E-state index contributed by atoms with van der Waals surface area (Å²) in [5.74, 6) is -0.729. The average Bonchev–Trinajstić information content (AvgIpc) is 3.70. The first-order chi connectivity index (χ1) is 20.1. The summed E-state index contributed by atoms with van der Waals surface area (Å²) in [4.78, 5) is 52.6. The van der Waals surface area contributed by atoms with Gasteiger partial charge in [0, 0.05) is 54.6 Å². The van der Waals surface area contributed by atoms with Crippen LogP contribution in [-0.4, -0.2) is 96.9 Å². The number of nitrogens with zero attached hydrogens (tertiary/aromatic N) is 4. The van der Waals surface area contributed by atoms with E-state index in [4.69, 9.17) is 9.72 Å². The summed E-state index contributed by atoms with van der Waals surface area (Å²) >= 11 is 1.71. The van der Waals surface area contributed by atoms with Gasteiger partial charge < -0.3 is 24.8 Å². The molecule has 3 saturated heterocycles. The van der Waals surface area contributed by atoms with Crippen LogP contribution in [0.5, 0.6) is 0 Å². The summed E-state index contributed by atoms with van der Waals surface area (Å²) in [6.45, 7) is 14.4. The van der Waals surface area contributed by atoms with E-state index in [9.17, 15) is 14.4 Å². The molecule has 4 heterocycles. The molecule has 42 heavy (non-hydrogen) atoms. The van der Waals surface area contributed by atoms with Crippen molar-refractivity contribution in [2.24, 2.45) is 11.8 Å². The Morgan fingerprint density at radius 2 is 1.88 bits per heavy atom. The van der Waals surface area contributed by atoms with Crippen molar-refractivity contribution in [1.29, 1.82) is 0 Å². The van der Waals surface area contributed by atoms with Gasteiger partial charge in [-0.05, 0) is 45.9 Å². The molecule has 3 aliphatic heterocycles. The first-order valence-electron chi connectivity index (χ1n) is 15.0. The molecule has 226 valence electrons. The summed E-state index contributed by atoms with van der Waals surface area (Å²) < 4.78 is 5.84. The molecule has 0 aliphatic carbocycles. The SMILES string of the molecule is C/C=C(\C)C1CN(C(=O)C(NC(=O)c2ccc(-c3nc(N4CCN(C)CC4)sc3C)cc2)C(C)CC)C2C(=O)COC12. The second kappa shape index (κ2) is 12.7. The Labute approximate surface area is 252 Å². The van der Waals surface area contributed by atoms with E-state index in [1.165, 1.54) is 0 Å². The maximum absolute atomic E-state index is 14.0. The molecular weight excluding hydrogens is 550 g/mol. The third kappa shape index (κ3) is 5.89. The maximum Gasteiger partial charge on any atom is 0.251 e. The van der Waals surface area contributed by atoms with E-state index in [-0.39, 0.29) is 42.1 Å². The van der Waals surface area contributed by atoms with Crippen LogP contribution in [0, 0.1) is 18.8 Å². The first-order valence-corrected chi connectivity index (χ1v) is 15.8. The number of Topliss-reactive ketones (excluding diaryl/α,β-unsaturated/α-hetero) is 1. The standard InChI is InChI=1S/C32H43N5O4S/c1-7-19(3)24-17-37(28-25(38)18-41-29(24)28)31(40)26(20(4)8-2)33-30(39)23-11-9-22(10-12-23)27-21(5)42-32(34-27)36-15-13-35(6)14-16-36/h7,9-12,20,24,26,28-29H,8,13-18H2,1-6H3,(H,33,39)/b19-7+. The number of thiazole rings is 1. The Hall–Kier alpha value is -3.08. The molecule has 5 atom stereocenters. The number of hydrogen-bond donors (Lipinski definition) is 1. The molecule has 3 aliphatic rings. The van der Waals surface area contributed by atoms with Crippen LogP contribution in [0.2, 0.25) is 0 Å². The summed E-state index contributed by atoms with van der Waals surface area (Å²) in [6, 6.07) is 6.10. The number of allylic oxidation sites excluding steroid dienone is 1. The average molecular weight is 594 g/mol. The van der Waals surface area contributed by atoms with Crippen molar-refractivity contribution in [3.8, 4) is 11.3 Å². The minimum atomic E-state index is -0.743. The molecule has 1 aromatic heterocycles. The third-order valence-corrected chi connectivity index (χ3v) is 10.3. The van der Waals surface area contributed by atoms with E-state index < -0.39 is 12.1 Å². The van der Waals surface area contributed by atoms with Gasteiger partial charge in [0.25, 0.3) is 5.91 Å². The van der Waals surface area contributed by atoms with E-state index in [1.807, 2.05) is 45.9 Å². The molecule has 1 N–H and O–H groups in total. The summed E-state index contributed by atoms with van der Waals surface area (Å²) in [5.41, 5.74) is 3.48. The molecule has 0 saturated carbocycles. The number of carbonyl (C=O) groups is 3. The number of amides is 2. The van der Waals surface area contributed by atoms with Crippen molar-refractivity contribution in [1.82, 2.24) is 20.1 Å². The lowest BCUT2D eigenvalue weighted by molar-refractivity contribution is -0.139. The maximum atomic E-state index is 14.0. The number of likely N-dealkylation sites (N-methyl/N-ethyl adjacent to an activating group) is 1. The third-order valence-electron chi connectivity index (χ3n) is 9.25. The van der Waals surface area contributed by atoms with E-state index >= 15 is 0 Å². The van der Waals surface area contributed by atoms with Gasteiger partial charge in [-0.15, -0.1) is 11.3 Å². The molecule has 3 fully saturated rings. The Kier molecular flexibility index (Phi) is 9.15. The number of benzene rings is 1. The predicted molar refractivity (Wildman–Crippen MR) is 166 cm³/mol. The van der Waals surface area contributed by atoms with E-state index in [0.29, 0.717) is 18.5 Å².